The maximum Gasteiger partial charge on any atom is 0.334 e. The van der Waals surface area contributed by atoms with E-state index in [0.29, 0.717) is 19.4 Å². The number of carbonyl (C=O) groups is 2. The third-order valence-electron chi connectivity index (χ3n) is 3.96. The van der Waals surface area contributed by atoms with Gasteiger partial charge < -0.3 is 9.47 Å². The SMILES string of the molecule is COC(=O)C(C)OCCCC(C)(C(C)=O)c1cccc(Br)c1. The predicted molar refractivity (Wildman–Crippen MR) is 88.8 cm³/mol. The lowest BCUT2D eigenvalue weighted by molar-refractivity contribution is -0.153. The second-order valence-electron chi connectivity index (χ2n) is 5.54. The second kappa shape index (κ2) is 8.44. The second-order valence-corrected chi connectivity index (χ2v) is 6.45. The van der Waals surface area contributed by atoms with Crippen LogP contribution in [0.15, 0.2) is 28.7 Å². The van der Waals surface area contributed by atoms with Gasteiger partial charge in [-0.05, 0) is 51.3 Å². The number of Topliss-reactive ketones (excluding diaryl/α,β-unsaturated/α-hetero) is 1. The molecule has 122 valence electrons. The number of hydrogen-bond acceptors (Lipinski definition) is 4. The lowest BCUT2D eigenvalue weighted by atomic mass is 9.75. The highest BCUT2D eigenvalue weighted by Crippen LogP contribution is 2.31. The molecule has 0 N–H and O–H groups in total. The number of methoxy groups -OCH3 is 1. The zero-order chi connectivity index (χ0) is 16.8. The van der Waals surface area contributed by atoms with Gasteiger partial charge in [0, 0.05) is 11.1 Å². The Bertz CT molecular complexity index is 529. The van der Waals surface area contributed by atoms with Crippen molar-refractivity contribution in [2.75, 3.05) is 13.7 Å². The highest BCUT2D eigenvalue weighted by molar-refractivity contribution is 9.10. The molecule has 2 unspecified atom stereocenters. The smallest absolute Gasteiger partial charge is 0.334 e. The fraction of sp³-hybridized carbons (Fsp3) is 0.529. The highest BCUT2D eigenvalue weighted by Gasteiger charge is 2.31. The number of halogens is 1. The molecule has 0 aliphatic carbocycles. The van der Waals surface area contributed by atoms with Gasteiger partial charge in [-0.2, -0.15) is 0 Å². The van der Waals surface area contributed by atoms with Crippen molar-refractivity contribution in [2.24, 2.45) is 0 Å². The molecule has 0 heterocycles. The Hall–Kier alpha value is -1.20. The maximum atomic E-state index is 12.1. The minimum absolute atomic E-state index is 0.117. The summed E-state index contributed by atoms with van der Waals surface area (Å²) in [6.07, 6.45) is 0.760. The molecule has 0 fully saturated rings. The Morgan fingerprint density at radius 3 is 2.59 bits per heavy atom. The average Bonchev–Trinajstić information content (AvgIpc) is 2.49. The van der Waals surface area contributed by atoms with E-state index in [1.807, 2.05) is 31.2 Å². The van der Waals surface area contributed by atoms with Gasteiger partial charge in [0.25, 0.3) is 0 Å². The molecule has 0 saturated carbocycles. The first-order valence-electron chi connectivity index (χ1n) is 7.27. The number of benzene rings is 1. The van der Waals surface area contributed by atoms with E-state index in [9.17, 15) is 9.59 Å². The third-order valence-corrected chi connectivity index (χ3v) is 4.45. The molecule has 1 aromatic carbocycles. The van der Waals surface area contributed by atoms with Crippen LogP contribution in [0, 0.1) is 0 Å². The molecule has 0 saturated heterocycles. The molecule has 0 aromatic heterocycles. The summed E-state index contributed by atoms with van der Waals surface area (Å²) in [6, 6.07) is 7.80. The van der Waals surface area contributed by atoms with Gasteiger partial charge in [0.2, 0.25) is 0 Å². The van der Waals surface area contributed by atoms with Crippen LogP contribution in [0.3, 0.4) is 0 Å². The van der Waals surface area contributed by atoms with E-state index in [1.54, 1.807) is 13.8 Å². The lowest BCUT2D eigenvalue weighted by Crippen LogP contribution is -2.31. The molecule has 0 amide bonds. The number of esters is 1. The molecule has 0 aliphatic rings. The number of rotatable bonds is 8. The summed E-state index contributed by atoms with van der Waals surface area (Å²) in [4.78, 5) is 23.4. The Morgan fingerprint density at radius 2 is 2.05 bits per heavy atom. The van der Waals surface area contributed by atoms with E-state index in [4.69, 9.17) is 4.74 Å². The zero-order valence-electron chi connectivity index (χ0n) is 13.5. The predicted octanol–water partition coefficient (Wildman–Crippen LogP) is 3.65. The van der Waals surface area contributed by atoms with Crippen LogP contribution in [0.25, 0.3) is 0 Å². The number of ether oxygens (including phenoxy) is 2. The summed E-state index contributed by atoms with van der Waals surface area (Å²) in [5, 5.41) is 0. The molecule has 1 aromatic rings. The number of ketones is 1. The van der Waals surface area contributed by atoms with E-state index in [2.05, 4.69) is 20.7 Å². The van der Waals surface area contributed by atoms with Crippen LogP contribution in [0.5, 0.6) is 0 Å². The summed E-state index contributed by atoms with van der Waals surface area (Å²) in [5.74, 6) is -0.270. The molecule has 2 atom stereocenters. The summed E-state index contributed by atoms with van der Waals surface area (Å²) in [5.41, 5.74) is 0.428. The first-order chi connectivity index (χ1) is 10.3. The molecule has 4 nitrogen and oxygen atoms in total. The third kappa shape index (κ3) is 4.92. The number of hydrogen-bond donors (Lipinski definition) is 0. The van der Waals surface area contributed by atoms with E-state index < -0.39 is 11.5 Å². The van der Waals surface area contributed by atoms with Crippen LogP contribution in [-0.2, 0) is 24.5 Å². The van der Waals surface area contributed by atoms with Crippen LogP contribution in [0.1, 0.15) is 39.2 Å². The Labute approximate surface area is 140 Å². The summed E-state index contributed by atoms with van der Waals surface area (Å²) in [6.45, 7) is 5.62. The molecular weight excluding hydrogens is 348 g/mol. The van der Waals surface area contributed by atoms with Crippen molar-refractivity contribution in [3.8, 4) is 0 Å². The fourth-order valence-electron chi connectivity index (χ4n) is 2.28. The molecule has 1 rings (SSSR count). The van der Waals surface area contributed by atoms with Crippen molar-refractivity contribution in [3.05, 3.63) is 34.3 Å². The van der Waals surface area contributed by atoms with Crippen LogP contribution in [0.2, 0.25) is 0 Å². The van der Waals surface area contributed by atoms with Gasteiger partial charge >= 0.3 is 5.97 Å². The Morgan fingerprint density at radius 1 is 1.36 bits per heavy atom. The molecule has 0 bridgehead atoms. The van der Waals surface area contributed by atoms with Crippen molar-refractivity contribution in [3.63, 3.8) is 0 Å². The molecule has 0 radical (unpaired) electrons. The topological polar surface area (TPSA) is 52.6 Å². The van der Waals surface area contributed by atoms with Crippen LogP contribution < -0.4 is 0 Å². The average molecular weight is 371 g/mol. The number of carbonyl (C=O) groups excluding carboxylic acids is 2. The lowest BCUT2D eigenvalue weighted by Gasteiger charge is -2.27. The molecule has 5 heteroatoms. The van der Waals surface area contributed by atoms with Gasteiger partial charge in [-0.15, -0.1) is 0 Å². The van der Waals surface area contributed by atoms with Gasteiger partial charge in [-0.3, -0.25) is 4.79 Å². The minimum Gasteiger partial charge on any atom is -0.467 e. The van der Waals surface area contributed by atoms with E-state index >= 15 is 0 Å². The van der Waals surface area contributed by atoms with E-state index in [-0.39, 0.29) is 11.8 Å². The van der Waals surface area contributed by atoms with Gasteiger partial charge in [0.1, 0.15) is 5.78 Å². The fourth-order valence-corrected chi connectivity index (χ4v) is 2.67. The summed E-state index contributed by atoms with van der Waals surface area (Å²) in [7, 11) is 1.34. The molecule has 0 aliphatic heterocycles. The summed E-state index contributed by atoms with van der Waals surface area (Å²) >= 11 is 3.44. The van der Waals surface area contributed by atoms with Gasteiger partial charge in [0.05, 0.1) is 12.5 Å². The largest absolute Gasteiger partial charge is 0.467 e. The standard InChI is InChI=1S/C17H23BrO4/c1-12(16(20)21-4)22-10-6-9-17(3,13(2)19)14-7-5-8-15(18)11-14/h5,7-8,11-12H,6,9-10H2,1-4H3. The van der Waals surface area contributed by atoms with E-state index in [1.165, 1.54) is 7.11 Å². The van der Waals surface area contributed by atoms with Crippen molar-refractivity contribution >= 4 is 27.7 Å². The van der Waals surface area contributed by atoms with Crippen molar-refractivity contribution in [1.29, 1.82) is 0 Å². The first kappa shape index (κ1) is 18.8. The highest BCUT2D eigenvalue weighted by atomic mass is 79.9. The molecular formula is C17H23BrO4. The van der Waals surface area contributed by atoms with Crippen molar-refractivity contribution in [2.45, 2.75) is 45.1 Å². The van der Waals surface area contributed by atoms with Gasteiger partial charge in [-0.25, -0.2) is 4.79 Å². The summed E-state index contributed by atoms with van der Waals surface area (Å²) < 4.78 is 11.0. The van der Waals surface area contributed by atoms with Gasteiger partial charge in [0.15, 0.2) is 6.10 Å². The Balaban J connectivity index is 2.66. The maximum absolute atomic E-state index is 12.1. The van der Waals surface area contributed by atoms with Crippen LogP contribution >= 0.6 is 15.9 Å². The van der Waals surface area contributed by atoms with Gasteiger partial charge in [-0.1, -0.05) is 28.1 Å². The van der Waals surface area contributed by atoms with Crippen molar-refractivity contribution in [1.82, 2.24) is 0 Å². The monoisotopic (exact) mass is 370 g/mol. The van der Waals surface area contributed by atoms with Crippen LogP contribution in [0.4, 0.5) is 0 Å². The van der Waals surface area contributed by atoms with Crippen molar-refractivity contribution < 1.29 is 19.1 Å². The van der Waals surface area contributed by atoms with Crippen LogP contribution in [-0.4, -0.2) is 31.6 Å². The first-order valence-corrected chi connectivity index (χ1v) is 8.07. The quantitative estimate of drug-likeness (QED) is 0.517. The zero-order valence-corrected chi connectivity index (χ0v) is 15.1. The Kier molecular flexibility index (Phi) is 7.23. The van der Waals surface area contributed by atoms with E-state index in [0.717, 1.165) is 10.0 Å². The molecule has 22 heavy (non-hydrogen) atoms. The molecule has 0 spiro atoms. The minimum atomic E-state index is -0.584. The normalized spacial score (nSPS) is 15.0.